The number of ether oxygens (including phenoxy) is 1. The lowest BCUT2D eigenvalue weighted by Gasteiger charge is -2.32. The maximum Gasteiger partial charge on any atom is 0.243 e. The van der Waals surface area contributed by atoms with Crippen molar-refractivity contribution in [2.24, 2.45) is 0 Å². The van der Waals surface area contributed by atoms with Crippen LogP contribution in [0, 0.1) is 0 Å². The summed E-state index contributed by atoms with van der Waals surface area (Å²) in [5.41, 5.74) is 2.88. The average molecular weight is 574 g/mol. The first-order valence-electron chi connectivity index (χ1n) is 12.6. The molecule has 2 amide bonds. The lowest BCUT2D eigenvalue weighted by Crippen LogP contribution is -2.52. The number of nitrogens with zero attached hydrogens (tertiary/aromatic N) is 1. The van der Waals surface area contributed by atoms with Crippen LogP contribution in [-0.4, -0.2) is 41.7 Å². The Balaban J connectivity index is 1.85. The van der Waals surface area contributed by atoms with Crippen LogP contribution in [0.4, 0.5) is 0 Å². The number of carbonyl (C=O) groups is 2. The summed E-state index contributed by atoms with van der Waals surface area (Å²) >= 11 is 13.9. The third kappa shape index (κ3) is 8.97. The molecule has 0 radical (unpaired) electrons. The van der Waals surface area contributed by atoms with Gasteiger partial charge in [0.2, 0.25) is 11.8 Å². The molecule has 3 rings (SSSR count). The maximum absolute atomic E-state index is 13.7. The van der Waals surface area contributed by atoms with Crippen LogP contribution in [0.2, 0.25) is 10.0 Å². The Morgan fingerprint density at radius 1 is 0.947 bits per heavy atom. The van der Waals surface area contributed by atoms with Crippen molar-refractivity contribution < 1.29 is 14.3 Å². The van der Waals surface area contributed by atoms with Crippen LogP contribution in [0.25, 0.3) is 0 Å². The van der Waals surface area contributed by atoms with Crippen LogP contribution in [-0.2, 0) is 28.3 Å². The SMILES string of the molecule is CC[C@@H](C)NC(=O)[C@@H](Cc1ccccc1)N(Cc1ccc(Cl)c(Cl)c1)C(=O)CSCc1ccc(OC)cc1. The summed E-state index contributed by atoms with van der Waals surface area (Å²) in [6, 6.07) is 22.2. The maximum atomic E-state index is 13.7. The monoisotopic (exact) mass is 572 g/mol. The molecule has 2 atom stereocenters. The highest BCUT2D eigenvalue weighted by molar-refractivity contribution is 7.99. The molecular weight excluding hydrogens is 539 g/mol. The Hall–Kier alpha value is -2.67. The average Bonchev–Trinajstić information content (AvgIpc) is 2.93. The summed E-state index contributed by atoms with van der Waals surface area (Å²) in [5.74, 6) is 1.40. The van der Waals surface area contributed by atoms with Crippen LogP contribution in [0.15, 0.2) is 72.8 Å². The normalized spacial score (nSPS) is 12.4. The lowest BCUT2D eigenvalue weighted by molar-refractivity contribution is -0.139. The van der Waals surface area contributed by atoms with Crippen LogP contribution in [0.1, 0.15) is 37.0 Å². The Morgan fingerprint density at radius 3 is 2.26 bits per heavy atom. The van der Waals surface area contributed by atoms with E-state index < -0.39 is 6.04 Å². The largest absolute Gasteiger partial charge is 0.497 e. The van der Waals surface area contributed by atoms with Gasteiger partial charge < -0.3 is 15.0 Å². The minimum atomic E-state index is -0.685. The lowest BCUT2D eigenvalue weighted by atomic mass is 10.0. The van der Waals surface area contributed by atoms with E-state index in [-0.39, 0.29) is 30.2 Å². The van der Waals surface area contributed by atoms with E-state index in [4.69, 9.17) is 27.9 Å². The van der Waals surface area contributed by atoms with Gasteiger partial charge in [-0.05, 0) is 54.3 Å². The van der Waals surface area contributed by atoms with Crippen molar-refractivity contribution in [3.63, 3.8) is 0 Å². The predicted molar refractivity (Wildman–Crippen MR) is 158 cm³/mol. The quantitative estimate of drug-likeness (QED) is 0.245. The molecule has 5 nitrogen and oxygen atoms in total. The molecule has 0 heterocycles. The first-order valence-corrected chi connectivity index (χ1v) is 14.5. The highest BCUT2D eigenvalue weighted by Crippen LogP contribution is 2.25. The van der Waals surface area contributed by atoms with Crippen molar-refractivity contribution >= 4 is 46.8 Å². The second-order valence-corrected chi connectivity index (χ2v) is 10.9. The molecule has 0 unspecified atom stereocenters. The van der Waals surface area contributed by atoms with E-state index in [1.807, 2.05) is 74.5 Å². The van der Waals surface area contributed by atoms with E-state index in [0.717, 1.165) is 28.9 Å². The highest BCUT2D eigenvalue weighted by atomic mass is 35.5. The molecule has 3 aromatic carbocycles. The smallest absolute Gasteiger partial charge is 0.243 e. The molecule has 0 fully saturated rings. The first-order chi connectivity index (χ1) is 18.3. The zero-order valence-electron chi connectivity index (χ0n) is 22.0. The van der Waals surface area contributed by atoms with Crippen LogP contribution >= 0.6 is 35.0 Å². The van der Waals surface area contributed by atoms with E-state index in [1.165, 1.54) is 11.8 Å². The topological polar surface area (TPSA) is 58.6 Å². The van der Waals surface area contributed by atoms with Gasteiger partial charge in [-0.25, -0.2) is 0 Å². The highest BCUT2D eigenvalue weighted by Gasteiger charge is 2.31. The van der Waals surface area contributed by atoms with Crippen molar-refractivity contribution in [3.8, 4) is 5.75 Å². The van der Waals surface area contributed by atoms with Gasteiger partial charge in [0.1, 0.15) is 11.8 Å². The van der Waals surface area contributed by atoms with E-state index in [0.29, 0.717) is 22.2 Å². The van der Waals surface area contributed by atoms with Crippen LogP contribution in [0.5, 0.6) is 5.75 Å². The number of halogens is 2. The number of benzene rings is 3. The molecule has 0 saturated heterocycles. The predicted octanol–water partition coefficient (Wildman–Crippen LogP) is 6.79. The van der Waals surface area contributed by atoms with E-state index in [2.05, 4.69) is 5.32 Å². The number of thioether (sulfide) groups is 1. The summed E-state index contributed by atoms with van der Waals surface area (Å²) in [4.78, 5) is 29.0. The first kappa shape index (κ1) is 29.9. The second kappa shape index (κ2) is 15.1. The number of methoxy groups -OCH3 is 1. The van der Waals surface area contributed by atoms with E-state index in [1.54, 1.807) is 24.1 Å². The van der Waals surface area contributed by atoms with E-state index >= 15 is 0 Å². The van der Waals surface area contributed by atoms with Crippen molar-refractivity contribution in [1.29, 1.82) is 0 Å². The minimum absolute atomic E-state index is 0.00727. The third-order valence-electron chi connectivity index (χ3n) is 6.26. The summed E-state index contributed by atoms with van der Waals surface area (Å²) in [6.07, 6.45) is 1.20. The molecule has 0 aliphatic carbocycles. The third-order valence-corrected chi connectivity index (χ3v) is 7.99. The summed E-state index contributed by atoms with van der Waals surface area (Å²) < 4.78 is 5.23. The van der Waals surface area contributed by atoms with Gasteiger partial charge in [0, 0.05) is 24.8 Å². The number of hydrogen-bond donors (Lipinski definition) is 1. The summed E-state index contributed by atoms with van der Waals surface area (Å²) in [5, 5.41) is 3.94. The standard InChI is InChI=1S/C30H34Cl2N2O3S/c1-4-21(2)33-30(36)28(17-22-8-6-5-7-9-22)34(18-24-12-15-26(31)27(32)16-24)29(35)20-38-19-23-10-13-25(37-3)14-11-23/h5-16,21,28H,4,17-20H2,1-3H3,(H,33,36)/t21-,28-/m1/s1. The number of amides is 2. The van der Waals surface area contributed by atoms with Gasteiger partial charge in [0.05, 0.1) is 22.9 Å². The molecule has 0 bridgehead atoms. The van der Waals surface area contributed by atoms with Crippen molar-refractivity contribution in [3.05, 3.63) is 99.5 Å². The fourth-order valence-corrected chi connectivity index (χ4v) is 5.08. The van der Waals surface area contributed by atoms with Gasteiger partial charge in [-0.1, -0.05) is 78.7 Å². The van der Waals surface area contributed by atoms with Gasteiger partial charge in [-0.3, -0.25) is 9.59 Å². The second-order valence-electron chi connectivity index (χ2n) is 9.13. The fraction of sp³-hybridized carbons (Fsp3) is 0.333. The molecule has 1 N–H and O–H groups in total. The number of hydrogen-bond acceptors (Lipinski definition) is 4. The molecule has 0 aliphatic rings. The molecule has 0 saturated carbocycles. The molecular formula is C30H34Cl2N2O3S. The summed E-state index contributed by atoms with van der Waals surface area (Å²) in [7, 11) is 1.63. The van der Waals surface area contributed by atoms with Crippen LogP contribution in [0.3, 0.4) is 0 Å². The van der Waals surface area contributed by atoms with Crippen LogP contribution < -0.4 is 10.1 Å². The molecule has 0 aliphatic heterocycles. The number of rotatable bonds is 13. The van der Waals surface area contributed by atoms with Gasteiger partial charge in [0.15, 0.2) is 0 Å². The van der Waals surface area contributed by atoms with Gasteiger partial charge >= 0.3 is 0 Å². The van der Waals surface area contributed by atoms with Gasteiger partial charge in [0.25, 0.3) is 0 Å². The molecule has 0 spiro atoms. The molecule has 38 heavy (non-hydrogen) atoms. The molecule has 8 heteroatoms. The summed E-state index contributed by atoms with van der Waals surface area (Å²) in [6.45, 7) is 4.23. The van der Waals surface area contributed by atoms with E-state index in [9.17, 15) is 9.59 Å². The Labute approximate surface area is 239 Å². The Morgan fingerprint density at radius 2 is 1.63 bits per heavy atom. The Bertz CT molecular complexity index is 1190. The van der Waals surface area contributed by atoms with Crippen molar-refractivity contribution in [1.82, 2.24) is 10.2 Å². The van der Waals surface area contributed by atoms with Crippen molar-refractivity contribution in [2.45, 2.75) is 51.1 Å². The van der Waals surface area contributed by atoms with Gasteiger partial charge in [-0.2, -0.15) is 0 Å². The minimum Gasteiger partial charge on any atom is -0.497 e. The molecule has 0 aromatic heterocycles. The Kier molecular flexibility index (Phi) is 11.8. The number of nitrogens with one attached hydrogen (secondary N) is 1. The fourth-order valence-electron chi connectivity index (χ4n) is 3.89. The van der Waals surface area contributed by atoms with Crippen molar-refractivity contribution in [2.75, 3.05) is 12.9 Å². The van der Waals surface area contributed by atoms with Gasteiger partial charge in [-0.15, -0.1) is 11.8 Å². The molecule has 3 aromatic rings. The molecule has 202 valence electrons. The number of carbonyl (C=O) groups excluding carboxylic acids is 2. The zero-order valence-corrected chi connectivity index (χ0v) is 24.3. The zero-order chi connectivity index (χ0) is 27.5.